The molecule has 1 spiro atoms. The van der Waals surface area contributed by atoms with Crippen LogP contribution in [0.4, 0.5) is 13.2 Å². The fraction of sp³-hybridized carbons (Fsp3) is 0.647. The standard InChI is InChI=1S/C15H22N2O4S.C2HF3O2/c1-12-4-3-5-13(16-12)9-20-14-6-7-21-15(8-14)10-17(11-15)22(2,18)19;3-2(4,5)1(6)7/h3-5,14H,6-11H2,1-2H3;(H,6,7). The molecule has 3 rings (SSSR count). The van der Waals surface area contributed by atoms with Crippen LogP contribution in [0.1, 0.15) is 24.2 Å². The number of hydrogen-bond acceptors (Lipinski definition) is 6. The molecule has 0 bridgehead atoms. The van der Waals surface area contributed by atoms with Crippen LogP contribution >= 0.6 is 0 Å². The zero-order valence-corrected chi connectivity index (χ0v) is 16.8. The maximum Gasteiger partial charge on any atom is 0.490 e. The number of aryl methyl sites for hydroxylation is 1. The molecule has 2 aliphatic heterocycles. The van der Waals surface area contributed by atoms with Gasteiger partial charge in [0.05, 0.1) is 30.3 Å². The molecule has 1 unspecified atom stereocenters. The number of ether oxygens (including phenoxy) is 2. The van der Waals surface area contributed by atoms with Crippen molar-refractivity contribution in [2.24, 2.45) is 0 Å². The van der Waals surface area contributed by atoms with Gasteiger partial charge in [0, 0.05) is 31.8 Å². The van der Waals surface area contributed by atoms with Crippen molar-refractivity contribution in [3.05, 3.63) is 29.6 Å². The molecule has 12 heteroatoms. The molecular weight excluding hydrogens is 417 g/mol. The SMILES string of the molecule is Cc1cccc(COC2CCOC3(C2)CN(S(C)(=O)=O)C3)n1.O=C(O)C(F)(F)F. The first-order valence-electron chi connectivity index (χ1n) is 8.74. The van der Waals surface area contributed by atoms with E-state index < -0.39 is 22.2 Å². The minimum absolute atomic E-state index is 0.0952. The van der Waals surface area contributed by atoms with E-state index in [4.69, 9.17) is 19.4 Å². The number of aromatic nitrogens is 1. The summed E-state index contributed by atoms with van der Waals surface area (Å²) in [7, 11) is -3.12. The first-order chi connectivity index (χ1) is 13.3. The molecule has 3 heterocycles. The Kier molecular flexibility index (Phi) is 7.25. The number of carboxylic acids is 1. The second-order valence-corrected chi connectivity index (χ2v) is 9.04. The number of pyridine rings is 1. The van der Waals surface area contributed by atoms with Crippen molar-refractivity contribution in [3.63, 3.8) is 0 Å². The van der Waals surface area contributed by atoms with E-state index in [1.165, 1.54) is 10.6 Å². The molecule has 0 radical (unpaired) electrons. The van der Waals surface area contributed by atoms with Crippen molar-refractivity contribution in [1.82, 2.24) is 9.29 Å². The molecular formula is C17H23F3N2O6S. The van der Waals surface area contributed by atoms with Gasteiger partial charge in [0.2, 0.25) is 10.0 Å². The Hall–Kier alpha value is -1.76. The summed E-state index contributed by atoms with van der Waals surface area (Å²) in [5.74, 6) is -2.76. The zero-order chi connectivity index (χ0) is 21.9. The number of nitrogens with zero attached hydrogens (tertiary/aromatic N) is 2. The highest BCUT2D eigenvalue weighted by molar-refractivity contribution is 7.88. The van der Waals surface area contributed by atoms with E-state index in [1.54, 1.807) is 0 Å². The van der Waals surface area contributed by atoms with Gasteiger partial charge in [0.25, 0.3) is 0 Å². The van der Waals surface area contributed by atoms with Crippen LogP contribution in [-0.4, -0.2) is 72.6 Å². The zero-order valence-electron chi connectivity index (χ0n) is 16.0. The van der Waals surface area contributed by atoms with Crippen LogP contribution in [0.25, 0.3) is 0 Å². The largest absolute Gasteiger partial charge is 0.490 e. The van der Waals surface area contributed by atoms with Crippen LogP contribution in [0.15, 0.2) is 18.2 Å². The fourth-order valence-electron chi connectivity index (χ4n) is 3.06. The summed E-state index contributed by atoms with van der Waals surface area (Å²) in [4.78, 5) is 13.3. The number of carbonyl (C=O) groups is 1. The van der Waals surface area contributed by atoms with E-state index in [0.29, 0.717) is 26.3 Å². The molecule has 1 atom stereocenters. The van der Waals surface area contributed by atoms with E-state index in [2.05, 4.69) is 4.98 Å². The quantitative estimate of drug-likeness (QED) is 0.760. The lowest BCUT2D eigenvalue weighted by Crippen LogP contribution is -2.67. The summed E-state index contributed by atoms with van der Waals surface area (Å²) >= 11 is 0. The molecule has 0 saturated carbocycles. The highest BCUT2D eigenvalue weighted by Crippen LogP contribution is 2.36. The molecule has 164 valence electrons. The van der Waals surface area contributed by atoms with Crippen LogP contribution in [0.5, 0.6) is 0 Å². The van der Waals surface area contributed by atoms with Crippen molar-refractivity contribution in [1.29, 1.82) is 0 Å². The van der Waals surface area contributed by atoms with E-state index in [9.17, 15) is 21.6 Å². The Labute approximate surface area is 166 Å². The number of aliphatic carboxylic acids is 1. The predicted molar refractivity (Wildman–Crippen MR) is 95.6 cm³/mol. The van der Waals surface area contributed by atoms with Crippen molar-refractivity contribution >= 4 is 16.0 Å². The molecule has 0 aliphatic carbocycles. The number of sulfonamides is 1. The summed E-state index contributed by atoms with van der Waals surface area (Å²) < 4.78 is 68.0. The number of carboxylic acid groups (broad SMARTS) is 1. The van der Waals surface area contributed by atoms with Crippen LogP contribution in [0, 0.1) is 6.92 Å². The smallest absolute Gasteiger partial charge is 0.475 e. The Morgan fingerprint density at radius 2 is 2.03 bits per heavy atom. The van der Waals surface area contributed by atoms with Crippen molar-refractivity contribution < 1.29 is 41.0 Å². The molecule has 1 aromatic heterocycles. The van der Waals surface area contributed by atoms with Gasteiger partial charge in [-0.3, -0.25) is 4.98 Å². The number of rotatable bonds is 4. The van der Waals surface area contributed by atoms with Crippen LogP contribution in [0.3, 0.4) is 0 Å². The summed E-state index contributed by atoms with van der Waals surface area (Å²) in [5, 5.41) is 7.12. The van der Waals surface area contributed by atoms with Gasteiger partial charge in [-0.25, -0.2) is 13.2 Å². The number of alkyl halides is 3. The van der Waals surface area contributed by atoms with Crippen LogP contribution in [-0.2, 0) is 30.9 Å². The first kappa shape index (κ1) is 23.5. The molecule has 29 heavy (non-hydrogen) atoms. The first-order valence-corrected chi connectivity index (χ1v) is 10.6. The highest BCUT2D eigenvalue weighted by Gasteiger charge is 2.50. The summed E-state index contributed by atoms with van der Waals surface area (Å²) in [6.07, 6.45) is -2.17. The molecule has 8 nitrogen and oxygen atoms in total. The molecule has 2 saturated heterocycles. The van der Waals surface area contributed by atoms with E-state index in [1.807, 2.05) is 25.1 Å². The lowest BCUT2D eigenvalue weighted by molar-refractivity contribution is -0.192. The number of hydrogen-bond donors (Lipinski definition) is 1. The maximum absolute atomic E-state index is 11.5. The van der Waals surface area contributed by atoms with Crippen molar-refractivity contribution in [3.8, 4) is 0 Å². The Morgan fingerprint density at radius 1 is 1.41 bits per heavy atom. The van der Waals surface area contributed by atoms with Gasteiger partial charge in [0.1, 0.15) is 0 Å². The van der Waals surface area contributed by atoms with E-state index >= 15 is 0 Å². The summed E-state index contributed by atoms with van der Waals surface area (Å²) in [6, 6.07) is 5.89. The highest BCUT2D eigenvalue weighted by atomic mass is 32.2. The monoisotopic (exact) mass is 440 g/mol. The topological polar surface area (TPSA) is 106 Å². The normalized spacial score (nSPS) is 21.8. The van der Waals surface area contributed by atoms with Crippen molar-refractivity contribution in [2.75, 3.05) is 26.0 Å². The molecule has 2 fully saturated rings. The van der Waals surface area contributed by atoms with E-state index in [-0.39, 0.29) is 11.7 Å². The molecule has 0 amide bonds. The minimum Gasteiger partial charge on any atom is -0.475 e. The van der Waals surface area contributed by atoms with Crippen LogP contribution < -0.4 is 0 Å². The third-order valence-electron chi connectivity index (χ3n) is 4.50. The molecule has 1 N–H and O–H groups in total. The predicted octanol–water partition coefficient (Wildman–Crippen LogP) is 1.73. The average molecular weight is 440 g/mol. The second-order valence-electron chi connectivity index (χ2n) is 7.06. The van der Waals surface area contributed by atoms with Gasteiger partial charge in [-0.2, -0.15) is 17.5 Å². The van der Waals surface area contributed by atoms with Crippen molar-refractivity contribution in [2.45, 2.75) is 44.3 Å². The summed E-state index contributed by atoms with van der Waals surface area (Å²) in [6.45, 7) is 3.94. The minimum atomic E-state index is -5.08. The van der Waals surface area contributed by atoms with Gasteiger partial charge >= 0.3 is 12.1 Å². The van der Waals surface area contributed by atoms with Crippen LogP contribution in [0.2, 0.25) is 0 Å². The number of halogens is 3. The van der Waals surface area contributed by atoms with Gasteiger partial charge in [0.15, 0.2) is 0 Å². The molecule has 0 aromatic carbocycles. The molecule has 2 aliphatic rings. The van der Waals surface area contributed by atoms with E-state index in [0.717, 1.165) is 24.2 Å². The maximum atomic E-state index is 11.5. The Morgan fingerprint density at radius 3 is 2.55 bits per heavy atom. The lowest BCUT2D eigenvalue weighted by atomic mass is 9.86. The fourth-order valence-corrected chi connectivity index (χ4v) is 4.00. The average Bonchev–Trinajstić information content (AvgIpc) is 2.57. The van der Waals surface area contributed by atoms with Gasteiger partial charge < -0.3 is 14.6 Å². The van der Waals surface area contributed by atoms with Gasteiger partial charge in [-0.05, 0) is 25.5 Å². The molecule has 1 aromatic rings. The third-order valence-corrected chi connectivity index (χ3v) is 5.70. The Balaban J connectivity index is 0.000000370. The second kappa shape index (κ2) is 8.94. The van der Waals surface area contributed by atoms with Gasteiger partial charge in [-0.1, -0.05) is 6.07 Å². The lowest BCUT2D eigenvalue weighted by Gasteiger charge is -2.51. The Bertz CT molecular complexity index is 825. The third kappa shape index (κ3) is 6.91. The van der Waals surface area contributed by atoms with Gasteiger partial charge in [-0.15, -0.1) is 0 Å². The summed E-state index contributed by atoms with van der Waals surface area (Å²) in [5.41, 5.74) is 1.55.